The van der Waals surface area contributed by atoms with Crippen LogP contribution >= 0.6 is 43.6 Å². The first-order valence-electron chi connectivity index (χ1n) is 10.4. The minimum absolute atomic E-state index is 0.00524. The fraction of sp³-hybridized carbons (Fsp3) is 0.348. The van der Waals surface area contributed by atoms with Crippen LogP contribution in [-0.4, -0.2) is 39.8 Å². The van der Waals surface area contributed by atoms with Crippen LogP contribution in [-0.2, 0) is 9.59 Å². The zero-order valence-electron chi connectivity index (χ0n) is 17.7. The fourth-order valence-electron chi connectivity index (χ4n) is 3.72. The van der Waals surface area contributed by atoms with Crippen molar-refractivity contribution in [2.45, 2.75) is 37.8 Å². The van der Waals surface area contributed by atoms with E-state index in [0.717, 1.165) is 25.8 Å². The third kappa shape index (κ3) is 5.27. The molecule has 4 unspecified atom stereocenters. The number of hydrogen-bond donors (Lipinski definition) is 2. The summed E-state index contributed by atoms with van der Waals surface area (Å²) in [6.07, 6.45) is 0.645. The summed E-state index contributed by atoms with van der Waals surface area (Å²) in [7, 11) is 0. The van der Waals surface area contributed by atoms with E-state index in [-0.39, 0.29) is 41.1 Å². The van der Waals surface area contributed by atoms with Gasteiger partial charge in [0.15, 0.2) is 0 Å². The van der Waals surface area contributed by atoms with Crippen molar-refractivity contribution in [3.05, 3.63) is 68.6 Å². The molecule has 9 heteroatoms. The second kappa shape index (κ2) is 10.1. The molecule has 4 rings (SSSR count). The summed E-state index contributed by atoms with van der Waals surface area (Å²) < 4.78 is 1.99. The molecule has 0 aliphatic carbocycles. The third-order valence-corrected chi connectivity index (χ3v) is 7.88. The number of nitrogens with zero attached hydrogens (tertiary/aromatic N) is 2. The van der Waals surface area contributed by atoms with Gasteiger partial charge in [-0.25, -0.2) is 5.01 Å². The zero-order chi connectivity index (χ0) is 22.8. The lowest BCUT2D eigenvalue weighted by molar-refractivity contribution is -0.130. The zero-order valence-corrected chi connectivity index (χ0v) is 21.7. The monoisotopic (exact) mass is 578 g/mol. The number of thioether (sulfide) groups is 1. The van der Waals surface area contributed by atoms with Crippen LogP contribution in [0.1, 0.15) is 37.4 Å². The average Bonchev–Trinajstić information content (AvgIpc) is 3.22. The van der Waals surface area contributed by atoms with E-state index in [1.54, 1.807) is 5.01 Å². The molecule has 0 radical (unpaired) electrons. The average molecular weight is 580 g/mol. The molecule has 0 aromatic heterocycles. The number of rotatable bonds is 5. The number of hydrazone groups is 1. The van der Waals surface area contributed by atoms with E-state index in [9.17, 15) is 9.59 Å². The van der Waals surface area contributed by atoms with E-state index in [0.29, 0.717) is 6.42 Å². The van der Waals surface area contributed by atoms with Crippen LogP contribution in [0.5, 0.6) is 0 Å². The first-order valence-corrected chi connectivity index (χ1v) is 13.0. The van der Waals surface area contributed by atoms with Crippen molar-refractivity contribution in [2.24, 2.45) is 11.0 Å². The highest BCUT2D eigenvalue weighted by Crippen LogP contribution is 2.34. The van der Waals surface area contributed by atoms with Gasteiger partial charge in [-0.15, -0.1) is 11.8 Å². The molecule has 2 aromatic carbocycles. The Labute approximate surface area is 208 Å². The Hall–Kier alpha value is -1.68. The van der Waals surface area contributed by atoms with Gasteiger partial charge in [0, 0.05) is 21.4 Å². The van der Waals surface area contributed by atoms with Crippen molar-refractivity contribution in [2.75, 3.05) is 5.75 Å². The number of nitrogens with one attached hydrogen (secondary N) is 2. The third-order valence-electron chi connectivity index (χ3n) is 5.82. The molecule has 6 nitrogen and oxygen atoms in total. The molecule has 2 heterocycles. The van der Waals surface area contributed by atoms with Crippen LogP contribution in [0.4, 0.5) is 0 Å². The van der Waals surface area contributed by atoms with Crippen LogP contribution in [0.15, 0.2) is 62.6 Å². The molecule has 2 amide bonds. The minimum atomic E-state index is -0.290. The van der Waals surface area contributed by atoms with Crippen LogP contribution in [0.3, 0.4) is 0 Å². The molecule has 2 aliphatic rings. The van der Waals surface area contributed by atoms with Crippen LogP contribution in [0.2, 0.25) is 0 Å². The molecular weight excluding hydrogens is 556 g/mol. The van der Waals surface area contributed by atoms with Gasteiger partial charge < -0.3 is 5.32 Å². The molecule has 2 aromatic rings. The van der Waals surface area contributed by atoms with Crippen LogP contribution in [0, 0.1) is 5.92 Å². The molecule has 32 heavy (non-hydrogen) atoms. The molecule has 0 saturated carbocycles. The van der Waals surface area contributed by atoms with Gasteiger partial charge >= 0.3 is 0 Å². The second-order valence-corrected chi connectivity index (χ2v) is 10.9. The number of carbonyl (C=O) groups excluding carboxylic acids is 2. The maximum atomic E-state index is 13.2. The van der Waals surface area contributed by atoms with Gasteiger partial charge in [0.1, 0.15) is 5.50 Å². The molecule has 168 valence electrons. The first kappa shape index (κ1) is 23.5. The summed E-state index contributed by atoms with van der Waals surface area (Å²) >= 11 is 8.33. The largest absolute Gasteiger partial charge is 0.332 e. The first-order chi connectivity index (χ1) is 15.3. The molecule has 0 spiro atoms. The fourth-order valence-corrected chi connectivity index (χ4v) is 5.21. The molecule has 1 saturated heterocycles. The quantitative estimate of drug-likeness (QED) is 0.541. The summed E-state index contributed by atoms with van der Waals surface area (Å²) in [5.74, 6) is 0.0346. The SMILES string of the molecule is CC1NC(SCC(=O)N2N=C(c3ccc(Br)cc3)CC2c2ccc(Br)cc2)NC(=O)C1C. The molecular formula is C23H24Br2N4O2S. The molecule has 4 atom stereocenters. The number of halogens is 2. The summed E-state index contributed by atoms with van der Waals surface area (Å²) in [5.41, 5.74) is 2.63. The van der Waals surface area contributed by atoms with Crippen molar-refractivity contribution in [1.29, 1.82) is 0 Å². The van der Waals surface area contributed by atoms with E-state index in [2.05, 4.69) is 42.5 Å². The van der Waals surface area contributed by atoms with Crippen molar-refractivity contribution in [3.63, 3.8) is 0 Å². The number of amides is 2. The molecule has 0 bridgehead atoms. The molecule has 2 N–H and O–H groups in total. The van der Waals surface area contributed by atoms with Crippen molar-refractivity contribution in [1.82, 2.24) is 15.6 Å². The number of benzene rings is 2. The van der Waals surface area contributed by atoms with Gasteiger partial charge in [0.05, 0.1) is 23.4 Å². The summed E-state index contributed by atoms with van der Waals surface area (Å²) in [6.45, 7) is 3.88. The van der Waals surface area contributed by atoms with Gasteiger partial charge in [-0.1, -0.05) is 63.0 Å². The summed E-state index contributed by atoms with van der Waals surface area (Å²) in [4.78, 5) is 25.4. The lowest BCUT2D eigenvalue weighted by Crippen LogP contribution is -2.58. The van der Waals surface area contributed by atoms with Crippen molar-refractivity contribution < 1.29 is 9.59 Å². The predicted molar refractivity (Wildman–Crippen MR) is 135 cm³/mol. The van der Waals surface area contributed by atoms with Crippen LogP contribution in [0.25, 0.3) is 0 Å². The van der Waals surface area contributed by atoms with E-state index in [1.807, 2.05) is 62.4 Å². The van der Waals surface area contributed by atoms with E-state index in [1.165, 1.54) is 11.8 Å². The number of hydrogen-bond acceptors (Lipinski definition) is 5. The summed E-state index contributed by atoms with van der Waals surface area (Å²) in [5, 5.41) is 12.6. The maximum Gasteiger partial charge on any atom is 0.253 e. The highest BCUT2D eigenvalue weighted by molar-refractivity contribution is 9.10. The second-order valence-electron chi connectivity index (χ2n) is 8.01. The lowest BCUT2D eigenvalue weighted by Gasteiger charge is -2.33. The van der Waals surface area contributed by atoms with Gasteiger partial charge in [0.25, 0.3) is 5.91 Å². The van der Waals surface area contributed by atoms with Gasteiger partial charge in [-0.05, 0) is 42.3 Å². The predicted octanol–water partition coefficient (Wildman–Crippen LogP) is 4.65. The Morgan fingerprint density at radius 3 is 2.34 bits per heavy atom. The maximum absolute atomic E-state index is 13.2. The Bertz CT molecular complexity index is 1030. The normalized spacial score (nSPS) is 25.4. The minimum Gasteiger partial charge on any atom is -0.332 e. The highest BCUT2D eigenvalue weighted by atomic mass is 79.9. The Morgan fingerprint density at radius 1 is 1.09 bits per heavy atom. The number of carbonyl (C=O) groups is 2. The lowest BCUT2D eigenvalue weighted by atomic mass is 9.98. The van der Waals surface area contributed by atoms with E-state index in [4.69, 9.17) is 5.10 Å². The van der Waals surface area contributed by atoms with Gasteiger partial charge in [0.2, 0.25) is 5.91 Å². The van der Waals surface area contributed by atoms with Gasteiger partial charge in [-0.2, -0.15) is 5.10 Å². The van der Waals surface area contributed by atoms with Gasteiger partial charge in [-0.3, -0.25) is 14.9 Å². The van der Waals surface area contributed by atoms with Crippen molar-refractivity contribution >= 4 is 61.1 Å². The topological polar surface area (TPSA) is 73.8 Å². The van der Waals surface area contributed by atoms with E-state index < -0.39 is 0 Å². The Morgan fingerprint density at radius 2 is 1.72 bits per heavy atom. The standard InChI is InChI=1S/C23H24Br2N4O2S/c1-13-14(2)26-23(27-22(13)31)32-12-21(30)29-20(16-5-9-18(25)10-6-16)11-19(28-29)15-3-7-17(24)8-4-15/h3-10,13-14,20,23,26H,11-12H2,1-2H3,(H,27,31). The molecule has 1 fully saturated rings. The summed E-state index contributed by atoms with van der Waals surface area (Å²) in [6, 6.07) is 15.9. The van der Waals surface area contributed by atoms with E-state index >= 15 is 0 Å². The smallest absolute Gasteiger partial charge is 0.253 e. The molecule has 2 aliphatic heterocycles. The Balaban J connectivity index is 1.51. The highest BCUT2D eigenvalue weighted by Gasteiger charge is 2.35. The Kier molecular flexibility index (Phi) is 7.39. The van der Waals surface area contributed by atoms with Crippen molar-refractivity contribution in [3.8, 4) is 0 Å². The van der Waals surface area contributed by atoms with Crippen LogP contribution < -0.4 is 10.6 Å².